The molecule has 2 aromatic heterocycles. The van der Waals surface area contributed by atoms with E-state index in [-0.39, 0.29) is 11.6 Å². The molecule has 0 spiro atoms. The van der Waals surface area contributed by atoms with Crippen molar-refractivity contribution in [1.29, 1.82) is 0 Å². The molecule has 3 aromatic rings. The number of nitrogens with zero attached hydrogens (tertiary/aromatic N) is 2. The van der Waals surface area contributed by atoms with E-state index in [2.05, 4.69) is 23.8 Å². The van der Waals surface area contributed by atoms with Crippen molar-refractivity contribution in [3.05, 3.63) is 52.0 Å². The number of hydrogen-bond acceptors (Lipinski definition) is 7. The second kappa shape index (κ2) is 11.3. The summed E-state index contributed by atoms with van der Waals surface area (Å²) in [6, 6.07) is 7.49. The molecule has 0 saturated heterocycles. The van der Waals surface area contributed by atoms with E-state index in [4.69, 9.17) is 5.73 Å². The molecule has 0 radical (unpaired) electrons. The summed E-state index contributed by atoms with van der Waals surface area (Å²) >= 11 is 3.13. The second-order valence-corrected chi connectivity index (χ2v) is 10.1. The maximum atomic E-state index is 12.9. The minimum Gasteiger partial charge on any atom is -0.398 e. The molecule has 3 rings (SSSR count). The quantitative estimate of drug-likeness (QED) is 0.206. The summed E-state index contributed by atoms with van der Waals surface area (Å²) in [5, 5.41) is 3.62. The van der Waals surface area contributed by atoms with E-state index in [1.165, 1.54) is 0 Å². The molecule has 5 nitrogen and oxygen atoms in total. The van der Waals surface area contributed by atoms with Gasteiger partial charge in [0.15, 0.2) is 15.8 Å². The third kappa shape index (κ3) is 6.80. The topological polar surface area (TPSA) is 85.9 Å². The standard InChI is InChI=1S/C24H29N3O2S2/c1-16(2)14-21-22(27-24(31-21)23-26-12-13-30-23)20(29)11-5-3-4-9-18(28)15-17-8-6-7-10-19(17)25/h6-8,10,12-13,16H,3-5,9,11,14-15,25H2,1-2H3. The van der Waals surface area contributed by atoms with Gasteiger partial charge in [0, 0.05) is 41.4 Å². The monoisotopic (exact) mass is 455 g/mol. The normalized spacial score (nSPS) is 11.2. The SMILES string of the molecule is CC(C)Cc1sc(-c2nccs2)nc1C(=O)CCCCCC(=O)Cc1ccccc1N. The van der Waals surface area contributed by atoms with Crippen molar-refractivity contribution in [2.24, 2.45) is 5.92 Å². The number of nitrogen functional groups attached to an aromatic ring is 1. The molecule has 0 aliphatic carbocycles. The van der Waals surface area contributed by atoms with Gasteiger partial charge in [-0.05, 0) is 36.8 Å². The highest BCUT2D eigenvalue weighted by atomic mass is 32.1. The minimum atomic E-state index is 0.0955. The molecule has 0 aliphatic heterocycles. The van der Waals surface area contributed by atoms with Crippen LogP contribution in [0.4, 0.5) is 5.69 Å². The van der Waals surface area contributed by atoms with Crippen LogP contribution in [0, 0.1) is 5.92 Å². The van der Waals surface area contributed by atoms with Crippen LogP contribution in [0.25, 0.3) is 10.0 Å². The van der Waals surface area contributed by atoms with E-state index in [1.807, 2.05) is 29.6 Å². The number of para-hydroxylation sites is 1. The Morgan fingerprint density at radius 2 is 1.84 bits per heavy atom. The number of unbranched alkanes of at least 4 members (excludes halogenated alkanes) is 2. The van der Waals surface area contributed by atoms with Crippen LogP contribution in [-0.4, -0.2) is 21.5 Å². The zero-order chi connectivity index (χ0) is 22.2. The molecule has 0 amide bonds. The highest BCUT2D eigenvalue weighted by Gasteiger charge is 2.20. The summed E-state index contributed by atoms with van der Waals surface area (Å²) < 4.78 is 0. The Balaban J connectivity index is 1.48. The number of Topliss-reactive ketones (excluding diaryl/α,β-unsaturated/α-hetero) is 2. The number of anilines is 1. The van der Waals surface area contributed by atoms with Gasteiger partial charge < -0.3 is 5.73 Å². The Hall–Kier alpha value is -2.38. The number of aromatic nitrogens is 2. The zero-order valence-corrected chi connectivity index (χ0v) is 19.7. The minimum absolute atomic E-state index is 0.0955. The van der Waals surface area contributed by atoms with Gasteiger partial charge in [0.25, 0.3) is 0 Å². The average molecular weight is 456 g/mol. The van der Waals surface area contributed by atoms with Gasteiger partial charge in [-0.2, -0.15) is 0 Å². The van der Waals surface area contributed by atoms with E-state index >= 15 is 0 Å². The largest absolute Gasteiger partial charge is 0.398 e. The van der Waals surface area contributed by atoms with Crippen molar-refractivity contribution < 1.29 is 9.59 Å². The lowest BCUT2D eigenvalue weighted by molar-refractivity contribution is -0.118. The molecule has 2 heterocycles. The Kier molecular flexibility index (Phi) is 8.49. The van der Waals surface area contributed by atoms with Crippen molar-refractivity contribution >= 4 is 39.9 Å². The Morgan fingerprint density at radius 1 is 1.06 bits per heavy atom. The first-order chi connectivity index (χ1) is 14.9. The van der Waals surface area contributed by atoms with E-state index in [0.717, 1.165) is 46.1 Å². The highest BCUT2D eigenvalue weighted by molar-refractivity contribution is 7.20. The fourth-order valence-corrected chi connectivity index (χ4v) is 5.37. The van der Waals surface area contributed by atoms with Crippen LogP contribution >= 0.6 is 22.7 Å². The number of nitrogens with two attached hydrogens (primary N) is 1. The van der Waals surface area contributed by atoms with Crippen molar-refractivity contribution in [1.82, 2.24) is 9.97 Å². The fraction of sp³-hybridized carbons (Fsp3) is 0.417. The van der Waals surface area contributed by atoms with E-state index in [1.54, 1.807) is 28.9 Å². The van der Waals surface area contributed by atoms with Gasteiger partial charge in [-0.1, -0.05) is 38.5 Å². The lowest BCUT2D eigenvalue weighted by Gasteiger charge is -2.06. The second-order valence-electron chi connectivity index (χ2n) is 8.12. The Morgan fingerprint density at radius 3 is 2.55 bits per heavy atom. The first-order valence-corrected chi connectivity index (χ1v) is 12.4. The molecular formula is C24H29N3O2S2. The summed E-state index contributed by atoms with van der Waals surface area (Å²) in [5.74, 6) is 0.745. The smallest absolute Gasteiger partial charge is 0.182 e. The molecular weight excluding hydrogens is 426 g/mol. The van der Waals surface area contributed by atoms with Crippen molar-refractivity contribution in [2.45, 2.75) is 58.8 Å². The van der Waals surface area contributed by atoms with E-state index in [0.29, 0.717) is 36.6 Å². The van der Waals surface area contributed by atoms with Gasteiger partial charge >= 0.3 is 0 Å². The van der Waals surface area contributed by atoms with Crippen molar-refractivity contribution in [2.75, 3.05) is 5.73 Å². The average Bonchev–Trinajstić information content (AvgIpc) is 3.39. The van der Waals surface area contributed by atoms with Crippen LogP contribution in [0.5, 0.6) is 0 Å². The molecule has 0 saturated carbocycles. The van der Waals surface area contributed by atoms with Gasteiger partial charge in [-0.3, -0.25) is 9.59 Å². The third-order valence-corrected chi connectivity index (χ3v) is 6.97. The third-order valence-electron chi connectivity index (χ3n) is 4.97. The van der Waals surface area contributed by atoms with Crippen LogP contribution in [0.3, 0.4) is 0 Å². The molecule has 164 valence electrons. The van der Waals surface area contributed by atoms with Crippen LogP contribution in [0.1, 0.15) is 66.9 Å². The molecule has 1 aromatic carbocycles. The number of thiazole rings is 2. The first kappa shape index (κ1) is 23.3. The van der Waals surface area contributed by atoms with Crippen LogP contribution in [0.2, 0.25) is 0 Å². The predicted octanol–water partition coefficient (Wildman–Crippen LogP) is 5.99. The molecule has 31 heavy (non-hydrogen) atoms. The first-order valence-electron chi connectivity index (χ1n) is 10.7. The number of benzene rings is 1. The van der Waals surface area contributed by atoms with Crippen molar-refractivity contribution in [3.8, 4) is 10.0 Å². The molecule has 0 bridgehead atoms. The molecule has 2 N–H and O–H groups in total. The Labute approximate surface area is 191 Å². The zero-order valence-electron chi connectivity index (χ0n) is 18.1. The summed E-state index contributed by atoms with van der Waals surface area (Å²) in [5.41, 5.74) is 8.08. The Bertz CT molecular complexity index is 1010. The molecule has 0 atom stereocenters. The molecule has 0 fully saturated rings. The number of rotatable bonds is 12. The molecule has 0 unspecified atom stereocenters. The number of carbonyl (C=O) groups is 2. The van der Waals surface area contributed by atoms with Crippen LogP contribution in [-0.2, 0) is 17.6 Å². The van der Waals surface area contributed by atoms with Crippen molar-refractivity contribution in [3.63, 3.8) is 0 Å². The summed E-state index contributed by atoms with van der Waals surface area (Å²) in [6.07, 6.45) is 6.38. The van der Waals surface area contributed by atoms with E-state index in [9.17, 15) is 9.59 Å². The van der Waals surface area contributed by atoms with Crippen LogP contribution < -0.4 is 5.73 Å². The molecule has 0 aliphatic rings. The lowest BCUT2D eigenvalue weighted by atomic mass is 10.0. The summed E-state index contributed by atoms with van der Waals surface area (Å²) in [4.78, 5) is 35.1. The maximum absolute atomic E-state index is 12.9. The van der Waals surface area contributed by atoms with Gasteiger partial charge in [0.05, 0.1) is 0 Å². The number of hydrogen-bond donors (Lipinski definition) is 1. The highest BCUT2D eigenvalue weighted by Crippen LogP contribution is 2.32. The fourth-order valence-electron chi connectivity index (χ4n) is 3.40. The van der Waals surface area contributed by atoms with Gasteiger partial charge in [0.1, 0.15) is 11.5 Å². The maximum Gasteiger partial charge on any atom is 0.182 e. The summed E-state index contributed by atoms with van der Waals surface area (Å²) in [7, 11) is 0. The van der Waals surface area contributed by atoms with Gasteiger partial charge in [-0.25, -0.2) is 9.97 Å². The number of ketones is 2. The van der Waals surface area contributed by atoms with E-state index < -0.39 is 0 Å². The van der Waals surface area contributed by atoms with Crippen LogP contribution in [0.15, 0.2) is 35.8 Å². The van der Waals surface area contributed by atoms with Gasteiger partial charge in [-0.15, -0.1) is 22.7 Å². The molecule has 7 heteroatoms. The predicted molar refractivity (Wildman–Crippen MR) is 129 cm³/mol. The number of carbonyl (C=O) groups excluding carboxylic acids is 2. The summed E-state index contributed by atoms with van der Waals surface area (Å²) in [6.45, 7) is 4.30. The van der Waals surface area contributed by atoms with Gasteiger partial charge in [0.2, 0.25) is 0 Å². The lowest BCUT2D eigenvalue weighted by Crippen LogP contribution is -2.06.